The molecule has 0 bridgehead atoms. The Balaban J connectivity index is 2.92. The second-order valence-corrected chi connectivity index (χ2v) is 2.94. The highest BCUT2D eigenvalue weighted by Crippen LogP contribution is 2.29. The van der Waals surface area contributed by atoms with Gasteiger partial charge in [-0.1, -0.05) is 30.4 Å². The van der Waals surface area contributed by atoms with Gasteiger partial charge in [-0.15, -0.1) is 6.58 Å². The van der Waals surface area contributed by atoms with Gasteiger partial charge in [0, 0.05) is 0 Å². The maximum Gasteiger partial charge on any atom is 0.231 e. The molecule has 0 aromatic heterocycles. The van der Waals surface area contributed by atoms with E-state index in [1.807, 2.05) is 24.3 Å². The number of allylic oxidation sites excluding steroid dienone is 3. The van der Waals surface area contributed by atoms with Gasteiger partial charge < -0.3 is 5.73 Å². The van der Waals surface area contributed by atoms with Crippen molar-refractivity contribution in [3.05, 3.63) is 37.0 Å². The lowest BCUT2D eigenvalue weighted by atomic mass is 9.80. The highest BCUT2D eigenvalue weighted by atomic mass is 16.1. The summed E-state index contributed by atoms with van der Waals surface area (Å²) in [5.41, 5.74) is 4.69. The van der Waals surface area contributed by atoms with Gasteiger partial charge in [-0.3, -0.25) is 4.79 Å². The maximum atomic E-state index is 11.1. The van der Waals surface area contributed by atoms with Crippen molar-refractivity contribution in [1.82, 2.24) is 0 Å². The monoisotopic (exact) mass is 163 g/mol. The molecule has 0 aliphatic heterocycles. The summed E-state index contributed by atoms with van der Waals surface area (Å²) >= 11 is 0. The summed E-state index contributed by atoms with van der Waals surface area (Å²) in [7, 11) is 0. The molecule has 12 heavy (non-hydrogen) atoms. The number of hydrogen-bond acceptors (Lipinski definition) is 1. The lowest BCUT2D eigenvalue weighted by Gasteiger charge is -2.23. The number of amides is 1. The van der Waals surface area contributed by atoms with Crippen molar-refractivity contribution in [1.29, 1.82) is 0 Å². The summed E-state index contributed by atoms with van der Waals surface area (Å²) in [4.78, 5) is 11.1. The molecule has 0 unspecified atom stereocenters. The molecule has 2 heteroatoms. The Morgan fingerprint density at radius 1 is 1.58 bits per heavy atom. The maximum absolute atomic E-state index is 11.1. The molecule has 2 N–H and O–H groups in total. The first-order valence-electron chi connectivity index (χ1n) is 3.97. The molecular formula is C10H13NO. The minimum atomic E-state index is -0.611. The lowest BCUT2D eigenvalue weighted by molar-refractivity contribution is -0.123. The van der Waals surface area contributed by atoms with Crippen LogP contribution in [-0.2, 0) is 4.79 Å². The summed E-state index contributed by atoms with van der Waals surface area (Å²) in [5, 5.41) is 0. The molecule has 0 radical (unpaired) electrons. The van der Waals surface area contributed by atoms with Crippen molar-refractivity contribution in [2.45, 2.75) is 12.8 Å². The molecule has 2 nitrogen and oxygen atoms in total. The molecule has 0 aromatic carbocycles. The molecule has 0 spiro atoms. The molecule has 0 atom stereocenters. The van der Waals surface area contributed by atoms with Crippen LogP contribution in [0.4, 0.5) is 0 Å². The van der Waals surface area contributed by atoms with Gasteiger partial charge in [0.2, 0.25) is 5.91 Å². The molecule has 0 heterocycles. The Bertz CT molecular complexity index is 239. The molecule has 1 aliphatic rings. The fraction of sp³-hybridized carbons (Fsp3) is 0.300. The normalized spacial score (nSPS) is 19.0. The lowest BCUT2D eigenvalue weighted by Crippen LogP contribution is -2.33. The van der Waals surface area contributed by atoms with Gasteiger partial charge in [-0.25, -0.2) is 0 Å². The summed E-state index contributed by atoms with van der Waals surface area (Å²) in [6, 6.07) is 0. The van der Waals surface area contributed by atoms with Crippen molar-refractivity contribution < 1.29 is 4.79 Å². The van der Waals surface area contributed by atoms with Crippen LogP contribution in [0.15, 0.2) is 37.0 Å². The summed E-state index contributed by atoms with van der Waals surface area (Å²) in [6.45, 7) is 3.61. The van der Waals surface area contributed by atoms with Gasteiger partial charge in [-0.05, 0) is 12.8 Å². The van der Waals surface area contributed by atoms with E-state index < -0.39 is 5.41 Å². The largest absolute Gasteiger partial charge is 0.369 e. The predicted octanol–water partition coefficient (Wildman–Crippen LogP) is 1.55. The molecule has 0 saturated heterocycles. The van der Waals surface area contributed by atoms with Crippen LogP contribution in [-0.4, -0.2) is 5.91 Å². The van der Waals surface area contributed by atoms with E-state index in [9.17, 15) is 4.79 Å². The number of carbonyl (C=O) groups is 1. The average Bonchev–Trinajstić information content (AvgIpc) is 2.06. The van der Waals surface area contributed by atoms with E-state index in [0.717, 1.165) is 6.42 Å². The third-order valence-corrected chi connectivity index (χ3v) is 2.04. The minimum Gasteiger partial charge on any atom is -0.369 e. The second-order valence-electron chi connectivity index (χ2n) is 2.94. The first-order valence-corrected chi connectivity index (χ1v) is 3.97. The van der Waals surface area contributed by atoms with Crippen LogP contribution < -0.4 is 5.73 Å². The zero-order valence-corrected chi connectivity index (χ0v) is 6.99. The molecular weight excluding hydrogens is 150 g/mol. The highest BCUT2D eigenvalue weighted by molar-refractivity contribution is 5.85. The number of primary amides is 1. The molecule has 0 saturated carbocycles. The molecule has 0 fully saturated rings. The van der Waals surface area contributed by atoms with Crippen LogP contribution in [0.3, 0.4) is 0 Å². The van der Waals surface area contributed by atoms with Crippen molar-refractivity contribution >= 4 is 5.91 Å². The Morgan fingerprint density at radius 2 is 2.17 bits per heavy atom. The van der Waals surface area contributed by atoms with Crippen LogP contribution >= 0.6 is 0 Å². The third kappa shape index (κ3) is 1.47. The van der Waals surface area contributed by atoms with Gasteiger partial charge >= 0.3 is 0 Å². The SMILES string of the molecule is C=CCC1(C(N)=O)C=CCC=C1. The molecule has 1 aliphatic carbocycles. The first-order chi connectivity index (χ1) is 5.71. The van der Waals surface area contributed by atoms with Crippen molar-refractivity contribution in [3.63, 3.8) is 0 Å². The number of carbonyl (C=O) groups excluding carboxylic acids is 1. The summed E-state index contributed by atoms with van der Waals surface area (Å²) in [6.07, 6.45) is 10.8. The number of rotatable bonds is 3. The van der Waals surface area contributed by atoms with E-state index >= 15 is 0 Å². The fourth-order valence-electron chi connectivity index (χ4n) is 1.33. The van der Waals surface area contributed by atoms with Crippen LogP contribution in [0.2, 0.25) is 0 Å². The van der Waals surface area contributed by atoms with Crippen LogP contribution in [0.25, 0.3) is 0 Å². The van der Waals surface area contributed by atoms with Crippen LogP contribution in [0.5, 0.6) is 0 Å². The second kappa shape index (κ2) is 3.39. The van der Waals surface area contributed by atoms with Gasteiger partial charge in [-0.2, -0.15) is 0 Å². The fourth-order valence-corrected chi connectivity index (χ4v) is 1.33. The summed E-state index contributed by atoms with van der Waals surface area (Å²) in [5.74, 6) is -0.311. The van der Waals surface area contributed by atoms with Crippen molar-refractivity contribution in [2.24, 2.45) is 11.1 Å². The minimum absolute atomic E-state index is 0.311. The molecule has 1 rings (SSSR count). The van der Waals surface area contributed by atoms with Crippen LogP contribution in [0.1, 0.15) is 12.8 Å². The first kappa shape index (κ1) is 8.78. The van der Waals surface area contributed by atoms with E-state index in [4.69, 9.17) is 5.73 Å². The third-order valence-electron chi connectivity index (χ3n) is 2.04. The highest BCUT2D eigenvalue weighted by Gasteiger charge is 2.30. The van der Waals surface area contributed by atoms with Crippen molar-refractivity contribution in [2.75, 3.05) is 0 Å². The number of hydrogen-bond donors (Lipinski definition) is 1. The standard InChI is InChI=1S/C10H13NO/c1-2-6-10(9(11)12)7-4-3-5-8-10/h2,4-5,7-8H,1,3,6H2,(H2,11,12). The Kier molecular flexibility index (Phi) is 2.48. The van der Waals surface area contributed by atoms with E-state index in [2.05, 4.69) is 6.58 Å². The predicted molar refractivity (Wildman–Crippen MR) is 49.3 cm³/mol. The molecule has 0 aromatic rings. The smallest absolute Gasteiger partial charge is 0.231 e. The Labute approximate surface area is 72.5 Å². The zero-order chi connectivity index (χ0) is 9.03. The van der Waals surface area contributed by atoms with Crippen LogP contribution in [0, 0.1) is 5.41 Å². The van der Waals surface area contributed by atoms with E-state index in [1.165, 1.54) is 0 Å². The van der Waals surface area contributed by atoms with Gasteiger partial charge in [0.1, 0.15) is 0 Å². The van der Waals surface area contributed by atoms with Crippen molar-refractivity contribution in [3.8, 4) is 0 Å². The van der Waals surface area contributed by atoms with E-state index in [1.54, 1.807) is 6.08 Å². The average molecular weight is 163 g/mol. The molecule has 64 valence electrons. The Hall–Kier alpha value is -1.31. The topological polar surface area (TPSA) is 43.1 Å². The number of nitrogens with two attached hydrogens (primary N) is 1. The summed E-state index contributed by atoms with van der Waals surface area (Å²) < 4.78 is 0. The van der Waals surface area contributed by atoms with Gasteiger partial charge in [0.05, 0.1) is 5.41 Å². The quantitative estimate of drug-likeness (QED) is 0.630. The molecule has 1 amide bonds. The van der Waals surface area contributed by atoms with Gasteiger partial charge in [0.25, 0.3) is 0 Å². The van der Waals surface area contributed by atoms with Gasteiger partial charge in [0.15, 0.2) is 0 Å². The zero-order valence-electron chi connectivity index (χ0n) is 6.99. The van der Waals surface area contributed by atoms with E-state index in [-0.39, 0.29) is 5.91 Å². The Morgan fingerprint density at radius 3 is 2.58 bits per heavy atom. The van der Waals surface area contributed by atoms with E-state index in [0.29, 0.717) is 6.42 Å².